The molecule has 0 fully saturated rings. The molecule has 0 radical (unpaired) electrons. The van der Waals surface area contributed by atoms with Crippen molar-refractivity contribution >= 4 is 12.4 Å². The van der Waals surface area contributed by atoms with E-state index in [-0.39, 0.29) is 24.2 Å². The third kappa shape index (κ3) is 6.45. The van der Waals surface area contributed by atoms with Gasteiger partial charge in [-0.15, -0.1) is 25.6 Å². The number of nitrogens with zero attached hydrogens (tertiary/aromatic N) is 2. The van der Waals surface area contributed by atoms with Crippen molar-refractivity contribution in [3.8, 4) is 5.75 Å². The summed E-state index contributed by atoms with van der Waals surface area (Å²) in [5.41, 5.74) is 0.756. The van der Waals surface area contributed by atoms with Crippen LogP contribution in [0.25, 0.3) is 0 Å². The van der Waals surface area contributed by atoms with Crippen LogP contribution < -0.4 is 10.1 Å². The summed E-state index contributed by atoms with van der Waals surface area (Å²) in [6, 6.07) is 5.79. The van der Waals surface area contributed by atoms with Crippen LogP contribution in [0, 0.1) is 0 Å². The Balaban J connectivity index is 0.00000264. The molecule has 0 saturated carbocycles. The average Bonchev–Trinajstić information content (AvgIpc) is 2.86. The monoisotopic (exact) mass is 351 g/mol. The van der Waals surface area contributed by atoms with Crippen LogP contribution in [-0.2, 0) is 12.8 Å². The van der Waals surface area contributed by atoms with Crippen molar-refractivity contribution < 1.29 is 22.4 Å². The van der Waals surface area contributed by atoms with Gasteiger partial charge >= 0.3 is 6.36 Å². The molecule has 0 aliphatic rings. The first-order chi connectivity index (χ1) is 10.4. The summed E-state index contributed by atoms with van der Waals surface area (Å²) in [6.07, 6.45) is -3.70. The van der Waals surface area contributed by atoms with Crippen molar-refractivity contribution in [1.82, 2.24) is 15.5 Å². The van der Waals surface area contributed by atoms with Gasteiger partial charge in [0.2, 0.25) is 5.89 Å². The van der Waals surface area contributed by atoms with Gasteiger partial charge in [0.15, 0.2) is 5.82 Å². The summed E-state index contributed by atoms with van der Waals surface area (Å²) < 4.78 is 45.1. The second-order valence-electron chi connectivity index (χ2n) is 4.87. The van der Waals surface area contributed by atoms with Crippen LogP contribution in [-0.4, -0.2) is 29.6 Å². The van der Waals surface area contributed by atoms with E-state index >= 15 is 0 Å². The summed E-state index contributed by atoms with van der Waals surface area (Å²) in [6.45, 7) is 2.00. The number of rotatable bonds is 6. The summed E-state index contributed by atoms with van der Waals surface area (Å²) in [5.74, 6) is 0.752. The molecule has 0 amide bonds. The lowest BCUT2D eigenvalue weighted by atomic mass is 10.1. The minimum absolute atomic E-state index is 0. The van der Waals surface area contributed by atoms with Crippen molar-refractivity contribution in [3.05, 3.63) is 41.5 Å². The molecular weight excluding hydrogens is 335 g/mol. The molecular formula is C14H17ClF3N3O2. The van der Waals surface area contributed by atoms with Gasteiger partial charge in [0.05, 0.1) is 6.42 Å². The van der Waals surface area contributed by atoms with E-state index in [1.807, 2.05) is 14.0 Å². The van der Waals surface area contributed by atoms with Crippen LogP contribution in [0.4, 0.5) is 13.2 Å². The molecule has 9 heteroatoms. The van der Waals surface area contributed by atoms with E-state index in [0.717, 1.165) is 5.56 Å². The Labute approximate surface area is 137 Å². The first kappa shape index (κ1) is 19.2. The number of aromatic nitrogens is 2. The highest BCUT2D eigenvalue weighted by molar-refractivity contribution is 5.85. The Hall–Kier alpha value is -1.80. The average molecular weight is 352 g/mol. The van der Waals surface area contributed by atoms with E-state index in [2.05, 4.69) is 20.2 Å². The van der Waals surface area contributed by atoms with E-state index in [4.69, 9.17) is 4.52 Å². The second kappa shape index (κ2) is 8.16. The molecule has 0 spiro atoms. The third-order valence-corrected chi connectivity index (χ3v) is 3.00. The van der Waals surface area contributed by atoms with Crippen LogP contribution in [0.3, 0.4) is 0 Å². The summed E-state index contributed by atoms with van der Waals surface area (Å²) in [5, 5.41) is 6.94. The number of alkyl halides is 3. The lowest BCUT2D eigenvalue weighted by Gasteiger charge is -2.08. The van der Waals surface area contributed by atoms with Crippen LogP contribution in [0.15, 0.2) is 28.8 Å². The van der Waals surface area contributed by atoms with E-state index < -0.39 is 6.36 Å². The van der Waals surface area contributed by atoms with E-state index in [1.165, 1.54) is 24.3 Å². The number of benzene rings is 1. The number of halogens is 4. The Bertz CT molecular complexity index is 602. The van der Waals surface area contributed by atoms with Crippen molar-refractivity contribution in [2.45, 2.75) is 32.2 Å². The molecule has 1 heterocycles. The molecule has 1 unspecified atom stereocenters. The van der Waals surface area contributed by atoms with Gasteiger partial charge in [-0.3, -0.25) is 0 Å². The zero-order chi connectivity index (χ0) is 16.2. The molecule has 2 aromatic rings. The van der Waals surface area contributed by atoms with Gasteiger partial charge in [0, 0.05) is 12.5 Å². The normalized spacial score (nSPS) is 12.6. The zero-order valence-corrected chi connectivity index (χ0v) is 13.4. The van der Waals surface area contributed by atoms with E-state index in [9.17, 15) is 13.2 Å². The van der Waals surface area contributed by atoms with Gasteiger partial charge in [0.25, 0.3) is 0 Å². The maximum absolute atomic E-state index is 12.1. The Kier molecular flexibility index (Phi) is 6.83. The third-order valence-electron chi connectivity index (χ3n) is 3.00. The molecule has 0 saturated heterocycles. The van der Waals surface area contributed by atoms with Crippen LogP contribution in [0.1, 0.15) is 24.2 Å². The predicted octanol–water partition coefficient (Wildman–Crippen LogP) is 3.13. The van der Waals surface area contributed by atoms with Gasteiger partial charge in [-0.25, -0.2) is 0 Å². The number of hydrogen-bond donors (Lipinski definition) is 1. The molecule has 1 aromatic carbocycles. The molecule has 1 aromatic heterocycles. The zero-order valence-electron chi connectivity index (χ0n) is 12.6. The Morgan fingerprint density at radius 1 is 1.26 bits per heavy atom. The first-order valence-electron chi connectivity index (χ1n) is 6.69. The maximum atomic E-state index is 12.1. The standard InChI is InChI=1S/C14H16F3N3O2.ClH/c1-9(18-2)7-12-19-13(22-20-12)8-10-3-5-11(6-4-10)21-14(15,16)17;/h3-6,9,18H,7-8H2,1-2H3;1H. The lowest BCUT2D eigenvalue weighted by molar-refractivity contribution is -0.274. The van der Waals surface area contributed by atoms with Gasteiger partial charge in [-0.05, 0) is 31.7 Å². The van der Waals surface area contributed by atoms with Gasteiger partial charge in [-0.2, -0.15) is 4.98 Å². The number of nitrogens with one attached hydrogen (secondary N) is 1. The van der Waals surface area contributed by atoms with Gasteiger partial charge < -0.3 is 14.6 Å². The van der Waals surface area contributed by atoms with Crippen LogP contribution >= 0.6 is 12.4 Å². The van der Waals surface area contributed by atoms with Crippen molar-refractivity contribution in [2.75, 3.05) is 7.05 Å². The highest BCUT2D eigenvalue weighted by Crippen LogP contribution is 2.23. The fourth-order valence-corrected chi connectivity index (χ4v) is 1.80. The van der Waals surface area contributed by atoms with E-state index in [1.54, 1.807) is 0 Å². The van der Waals surface area contributed by atoms with Crippen molar-refractivity contribution in [2.24, 2.45) is 0 Å². The largest absolute Gasteiger partial charge is 0.573 e. The molecule has 0 bridgehead atoms. The van der Waals surface area contributed by atoms with E-state index in [0.29, 0.717) is 24.6 Å². The van der Waals surface area contributed by atoms with Crippen molar-refractivity contribution in [1.29, 1.82) is 0 Å². The molecule has 0 aliphatic carbocycles. The molecule has 128 valence electrons. The quantitative estimate of drug-likeness (QED) is 0.866. The summed E-state index contributed by atoms with van der Waals surface area (Å²) in [7, 11) is 1.84. The fraction of sp³-hybridized carbons (Fsp3) is 0.429. The topological polar surface area (TPSA) is 60.2 Å². The minimum Gasteiger partial charge on any atom is -0.406 e. The Morgan fingerprint density at radius 2 is 1.91 bits per heavy atom. The number of ether oxygens (including phenoxy) is 1. The molecule has 1 atom stereocenters. The summed E-state index contributed by atoms with van der Waals surface area (Å²) >= 11 is 0. The first-order valence-corrected chi connectivity index (χ1v) is 6.69. The van der Waals surface area contributed by atoms with Gasteiger partial charge in [-0.1, -0.05) is 17.3 Å². The molecule has 5 nitrogen and oxygen atoms in total. The number of likely N-dealkylation sites (N-methyl/N-ethyl adjacent to an activating group) is 1. The van der Waals surface area contributed by atoms with Crippen LogP contribution in [0.2, 0.25) is 0 Å². The Morgan fingerprint density at radius 3 is 2.48 bits per heavy atom. The second-order valence-corrected chi connectivity index (χ2v) is 4.87. The predicted molar refractivity (Wildman–Crippen MR) is 79.7 cm³/mol. The minimum atomic E-state index is -4.69. The smallest absolute Gasteiger partial charge is 0.406 e. The molecule has 2 rings (SSSR count). The molecule has 23 heavy (non-hydrogen) atoms. The van der Waals surface area contributed by atoms with Crippen LogP contribution in [0.5, 0.6) is 5.75 Å². The summed E-state index contributed by atoms with van der Waals surface area (Å²) in [4.78, 5) is 4.25. The maximum Gasteiger partial charge on any atom is 0.573 e. The highest BCUT2D eigenvalue weighted by atomic mass is 35.5. The number of hydrogen-bond acceptors (Lipinski definition) is 5. The fourth-order valence-electron chi connectivity index (χ4n) is 1.80. The van der Waals surface area contributed by atoms with Crippen molar-refractivity contribution in [3.63, 3.8) is 0 Å². The highest BCUT2D eigenvalue weighted by Gasteiger charge is 2.30. The molecule has 0 aliphatic heterocycles. The SMILES string of the molecule is CNC(C)Cc1noc(Cc2ccc(OC(F)(F)F)cc2)n1.Cl. The lowest BCUT2D eigenvalue weighted by Crippen LogP contribution is -2.24. The molecule has 1 N–H and O–H groups in total. The van der Waals surface area contributed by atoms with Gasteiger partial charge in [0.1, 0.15) is 5.75 Å².